The molecule has 3 heteroatoms. The number of aliphatic hydroxyl groups excluding tert-OH is 1. The molecule has 0 saturated heterocycles. The number of ether oxygens (including phenoxy) is 1. The predicted octanol–water partition coefficient (Wildman–Crippen LogP) is 1.81. The number of methoxy groups -OCH3 is 1. The van der Waals surface area contributed by atoms with Crippen LogP contribution in [0.2, 0.25) is 0 Å². The lowest BCUT2D eigenvalue weighted by molar-refractivity contribution is 0.0600. The summed E-state index contributed by atoms with van der Waals surface area (Å²) in [6.07, 6.45) is 1.67. The molecule has 0 amide bonds. The molecule has 1 aromatic carbocycles. The Balaban J connectivity index is 2.04. The maximum Gasteiger partial charge on any atom is 0.337 e. The van der Waals surface area contributed by atoms with Gasteiger partial charge in [-0.05, 0) is 42.0 Å². The molecule has 2 aliphatic carbocycles. The molecule has 0 aromatic heterocycles. The van der Waals surface area contributed by atoms with Crippen LogP contribution >= 0.6 is 0 Å². The molecule has 3 rings (SSSR count). The Morgan fingerprint density at radius 1 is 1.38 bits per heavy atom. The van der Waals surface area contributed by atoms with Gasteiger partial charge in [-0.25, -0.2) is 4.79 Å². The maximum atomic E-state index is 11.4. The Morgan fingerprint density at radius 3 is 2.94 bits per heavy atom. The second-order valence-corrected chi connectivity index (χ2v) is 4.68. The first-order valence-corrected chi connectivity index (χ1v) is 5.61. The Morgan fingerprint density at radius 2 is 2.19 bits per heavy atom. The molecule has 0 aliphatic heterocycles. The van der Waals surface area contributed by atoms with Crippen LogP contribution in [-0.4, -0.2) is 24.3 Å². The summed E-state index contributed by atoms with van der Waals surface area (Å²) in [7, 11) is 1.39. The first-order chi connectivity index (χ1) is 7.70. The van der Waals surface area contributed by atoms with Crippen molar-refractivity contribution in [3.63, 3.8) is 0 Å². The van der Waals surface area contributed by atoms with E-state index in [9.17, 15) is 9.90 Å². The van der Waals surface area contributed by atoms with E-state index in [2.05, 4.69) is 0 Å². The van der Waals surface area contributed by atoms with Crippen LogP contribution in [0.25, 0.3) is 0 Å². The van der Waals surface area contributed by atoms with E-state index in [0.29, 0.717) is 11.5 Å². The van der Waals surface area contributed by atoms with Crippen molar-refractivity contribution >= 4 is 5.97 Å². The van der Waals surface area contributed by atoms with Crippen molar-refractivity contribution in [3.8, 4) is 0 Å². The summed E-state index contributed by atoms with van der Waals surface area (Å²) < 4.78 is 4.70. The molecule has 0 spiro atoms. The van der Waals surface area contributed by atoms with Gasteiger partial charge in [0.1, 0.15) is 0 Å². The van der Waals surface area contributed by atoms with Crippen LogP contribution in [-0.2, 0) is 4.74 Å². The fraction of sp³-hybridized carbons (Fsp3) is 0.462. The molecule has 3 nitrogen and oxygen atoms in total. The highest BCUT2D eigenvalue weighted by Crippen LogP contribution is 2.53. The van der Waals surface area contributed by atoms with Crippen LogP contribution in [0.3, 0.4) is 0 Å². The number of rotatable bonds is 1. The Hall–Kier alpha value is -1.35. The van der Waals surface area contributed by atoms with Crippen molar-refractivity contribution in [2.75, 3.05) is 7.11 Å². The van der Waals surface area contributed by atoms with Crippen molar-refractivity contribution < 1.29 is 14.6 Å². The minimum atomic E-state index is -0.305. The lowest BCUT2D eigenvalue weighted by Gasteiger charge is -2.20. The van der Waals surface area contributed by atoms with Gasteiger partial charge in [-0.1, -0.05) is 6.07 Å². The van der Waals surface area contributed by atoms with Gasteiger partial charge in [0.25, 0.3) is 0 Å². The third-order valence-corrected chi connectivity index (χ3v) is 3.88. The lowest BCUT2D eigenvalue weighted by atomic mass is 9.88. The smallest absolute Gasteiger partial charge is 0.337 e. The van der Waals surface area contributed by atoms with E-state index in [4.69, 9.17) is 4.74 Å². The molecule has 1 aromatic rings. The Bertz CT molecular complexity index is 452. The van der Waals surface area contributed by atoms with Crippen LogP contribution < -0.4 is 0 Å². The second-order valence-electron chi connectivity index (χ2n) is 4.68. The monoisotopic (exact) mass is 218 g/mol. The van der Waals surface area contributed by atoms with Crippen molar-refractivity contribution in [2.24, 2.45) is 0 Å². The fourth-order valence-corrected chi connectivity index (χ4v) is 3.12. The van der Waals surface area contributed by atoms with Crippen molar-refractivity contribution in [1.29, 1.82) is 0 Å². The second kappa shape index (κ2) is 3.32. The van der Waals surface area contributed by atoms with E-state index in [1.807, 2.05) is 18.2 Å². The number of benzene rings is 1. The predicted molar refractivity (Wildman–Crippen MR) is 58.5 cm³/mol. The molecule has 16 heavy (non-hydrogen) atoms. The zero-order chi connectivity index (χ0) is 11.3. The van der Waals surface area contributed by atoms with E-state index in [-0.39, 0.29) is 18.0 Å². The number of esters is 1. The molecule has 0 radical (unpaired) electrons. The topological polar surface area (TPSA) is 46.5 Å². The molecule has 1 saturated carbocycles. The average Bonchev–Trinajstić information content (AvgIpc) is 2.84. The number of hydrogen-bond donors (Lipinski definition) is 1. The van der Waals surface area contributed by atoms with Crippen molar-refractivity contribution in [3.05, 3.63) is 34.9 Å². The van der Waals surface area contributed by atoms with Crippen molar-refractivity contribution in [1.82, 2.24) is 0 Å². The van der Waals surface area contributed by atoms with Crippen LogP contribution in [0.5, 0.6) is 0 Å². The van der Waals surface area contributed by atoms with Gasteiger partial charge in [0.2, 0.25) is 0 Å². The lowest BCUT2D eigenvalue weighted by Crippen LogP contribution is -2.16. The minimum absolute atomic E-state index is 0.226. The van der Waals surface area contributed by atoms with Gasteiger partial charge in [-0.2, -0.15) is 0 Å². The SMILES string of the molecule is COC(=O)c1ccc2c(c1)[C@H]1C[C@@H]2C[C@H]1O. The molecule has 2 aliphatic rings. The highest BCUT2D eigenvalue weighted by Gasteiger charge is 2.43. The summed E-state index contributed by atoms with van der Waals surface area (Å²) in [6.45, 7) is 0. The fourth-order valence-electron chi connectivity index (χ4n) is 3.12. The highest BCUT2D eigenvalue weighted by atomic mass is 16.5. The molecule has 0 unspecified atom stereocenters. The first kappa shape index (κ1) is 9.85. The molecular weight excluding hydrogens is 204 g/mol. The van der Waals surface area contributed by atoms with Gasteiger partial charge in [-0.3, -0.25) is 0 Å². The van der Waals surface area contributed by atoms with Crippen LogP contribution in [0.4, 0.5) is 0 Å². The first-order valence-electron chi connectivity index (χ1n) is 5.61. The Kier molecular flexibility index (Phi) is 2.04. The Labute approximate surface area is 94.0 Å². The van der Waals surface area contributed by atoms with Crippen LogP contribution in [0.1, 0.15) is 46.2 Å². The number of fused-ring (bicyclic) bond motifs is 5. The van der Waals surface area contributed by atoms with E-state index >= 15 is 0 Å². The summed E-state index contributed by atoms with van der Waals surface area (Å²) in [5.41, 5.74) is 3.04. The molecule has 0 heterocycles. The molecule has 1 N–H and O–H groups in total. The molecule has 1 fully saturated rings. The molecule has 3 atom stereocenters. The molecule has 84 valence electrons. The van der Waals surface area contributed by atoms with Crippen LogP contribution in [0.15, 0.2) is 18.2 Å². The van der Waals surface area contributed by atoms with Gasteiger partial charge in [0.05, 0.1) is 18.8 Å². The van der Waals surface area contributed by atoms with Gasteiger partial charge in [-0.15, -0.1) is 0 Å². The third-order valence-electron chi connectivity index (χ3n) is 3.88. The van der Waals surface area contributed by atoms with Crippen LogP contribution in [0, 0.1) is 0 Å². The number of carbonyl (C=O) groups is 1. The quantitative estimate of drug-likeness (QED) is 0.731. The van der Waals surface area contributed by atoms with E-state index in [1.54, 1.807) is 0 Å². The average molecular weight is 218 g/mol. The number of hydrogen-bond acceptors (Lipinski definition) is 3. The van der Waals surface area contributed by atoms with E-state index < -0.39 is 0 Å². The molecule has 2 bridgehead atoms. The van der Waals surface area contributed by atoms with Gasteiger partial charge in [0.15, 0.2) is 0 Å². The van der Waals surface area contributed by atoms with E-state index in [0.717, 1.165) is 18.4 Å². The van der Waals surface area contributed by atoms with Gasteiger partial charge >= 0.3 is 5.97 Å². The zero-order valence-electron chi connectivity index (χ0n) is 9.14. The number of carbonyl (C=O) groups excluding carboxylic acids is 1. The van der Waals surface area contributed by atoms with Gasteiger partial charge in [0, 0.05) is 5.92 Å². The largest absolute Gasteiger partial charge is 0.465 e. The summed E-state index contributed by atoms with van der Waals surface area (Å²) >= 11 is 0. The third kappa shape index (κ3) is 1.21. The molecular formula is C13H14O3. The van der Waals surface area contributed by atoms with Crippen molar-refractivity contribution in [2.45, 2.75) is 30.8 Å². The van der Waals surface area contributed by atoms with E-state index in [1.165, 1.54) is 12.7 Å². The summed E-state index contributed by atoms with van der Waals surface area (Å²) in [5, 5.41) is 9.84. The summed E-state index contributed by atoms with van der Waals surface area (Å²) in [6, 6.07) is 5.71. The minimum Gasteiger partial charge on any atom is -0.465 e. The normalized spacial score (nSPS) is 30.2. The summed E-state index contributed by atoms with van der Waals surface area (Å²) in [5.74, 6) is 0.409. The maximum absolute atomic E-state index is 11.4. The van der Waals surface area contributed by atoms with Gasteiger partial charge < -0.3 is 9.84 Å². The number of aliphatic hydroxyl groups is 1. The summed E-state index contributed by atoms with van der Waals surface area (Å²) in [4.78, 5) is 11.4. The highest BCUT2D eigenvalue weighted by molar-refractivity contribution is 5.89. The zero-order valence-corrected chi connectivity index (χ0v) is 9.14. The standard InChI is InChI=1S/C13H14O3/c1-16-13(15)7-2-3-9-8-5-11(10(9)4-7)12(14)6-8/h2-4,8,11-12,14H,5-6H2,1H3/t8-,11-,12-/m1/s1.